The van der Waals surface area contributed by atoms with Gasteiger partial charge in [-0.1, -0.05) is 30.3 Å². The monoisotopic (exact) mass is 170 g/mol. The topological polar surface area (TPSA) is 0 Å². The van der Waals surface area contributed by atoms with Crippen molar-refractivity contribution in [2.75, 3.05) is 0 Å². The lowest BCUT2D eigenvalue weighted by molar-refractivity contribution is 1.35. The smallest absolute Gasteiger partial charge is 0.0149 e. The Bertz CT molecular complexity index is 376. The van der Waals surface area contributed by atoms with Gasteiger partial charge in [0.25, 0.3) is 0 Å². The fourth-order valence-electron chi connectivity index (χ4n) is 1.89. The Morgan fingerprint density at radius 2 is 1.08 bits per heavy atom. The molecule has 0 radical (unpaired) electrons. The number of hydrogen-bond donors (Lipinski definition) is 0. The first-order chi connectivity index (χ1) is 6.22. The van der Waals surface area contributed by atoms with Gasteiger partial charge in [0.05, 0.1) is 0 Å². The Labute approximate surface area is 79.6 Å². The molecule has 2 aliphatic carbocycles. The Balaban J connectivity index is 2.86. The molecule has 2 aliphatic rings. The summed E-state index contributed by atoms with van der Waals surface area (Å²) in [7, 11) is 0. The van der Waals surface area contributed by atoms with Gasteiger partial charge < -0.3 is 0 Å². The number of rotatable bonds is 0. The van der Waals surface area contributed by atoms with Gasteiger partial charge >= 0.3 is 0 Å². The molecule has 0 amide bonds. The average Bonchev–Trinajstić information content (AvgIpc) is 2.40. The Kier molecular flexibility index (Phi) is 1.84. The third kappa shape index (κ3) is 1.14. The standard InChI is InChI=1S/C13H14/c1-9-10(2)12-7-5-4-6-8-13(12)11(9)3/h4-8H,1-3H3. The second-order valence-electron chi connectivity index (χ2n) is 3.61. The first-order valence-corrected chi connectivity index (χ1v) is 4.66. The fourth-order valence-corrected chi connectivity index (χ4v) is 1.89. The van der Waals surface area contributed by atoms with Crippen molar-refractivity contribution in [3.05, 3.63) is 47.0 Å². The Morgan fingerprint density at radius 3 is 1.54 bits per heavy atom. The van der Waals surface area contributed by atoms with E-state index >= 15 is 0 Å². The molecule has 0 N–H and O–H groups in total. The molecular weight excluding hydrogens is 156 g/mol. The summed E-state index contributed by atoms with van der Waals surface area (Å²) in [6.45, 7) is 6.60. The predicted molar refractivity (Wildman–Crippen MR) is 57.3 cm³/mol. The lowest BCUT2D eigenvalue weighted by Crippen LogP contribution is -1.72. The van der Waals surface area contributed by atoms with Crippen molar-refractivity contribution >= 4 is 0 Å². The van der Waals surface area contributed by atoms with E-state index in [1.807, 2.05) is 0 Å². The van der Waals surface area contributed by atoms with Crippen LogP contribution in [0.1, 0.15) is 16.7 Å². The maximum absolute atomic E-state index is 2.20. The van der Waals surface area contributed by atoms with Crippen LogP contribution in [-0.2, 0) is 0 Å². The van der Waals surface area contributed by atoms with Crippen LogP contribution in [0.3, 0.4) is 0 Å². The summed E-state index contributed by atoms with van der Waals surface area (Å²) in [5, 5.41) is 0. The van der Waals surface area contributed by atoms with E-state index in [9.17, 15) is 0 Å². The van der Waals surface area contributed by atoms with Crippen molar-refractivity contribution in [3.63, 3.8) is 0 Å². The highest BCUT2D eigenvalue weighted by Crippen LogP contribution is 2.34. The van der Waals surface area contributed by atoms with E-state index < -0.39 is 0 Å². The third-order valence-corrected chi connectivity index (χ3v) is 2.97. The lowest BCUT2D eigenvalue weighted by Gasteiger charge is -1.94. The van der Waals surface area contributed by atoms with Crippen LogP contribution in [0.25, 0.3) is 11.1 Å². The van der Waals surface area contributed by atoms with E-state index in [0.29, 0.717) is 0 Å². The van der Waals surface area contributed by atoms with Crippen molar-refractivity contribution in [2.24, 2.45) is 0 Å². The molecule has 2 rings (SSSR count). The first kappa shape index (κ1) is 8.31. The van der Waals surface area contributed by atoms with Gasteiger partial charge in [-0.3, -0.25) is 0 Å². The quantitative estimate of drug-likeness (QED) is 0.565. The van der Waals surface area contributed by atoms with E-state index in [1.54, 1.807) is 0 Å². The van der Waals surface area contributed by atoms with E-state index in [-0.39, 0.29) is 0 Å². The van der Waals surface area contributed by atoms with Gasteiger partial charge in [-0.15, -0.1) is 0 Å². The second-order valence-corrected chi connectivity index (χ2v) is 3.61. The average molecular weight is 170 g/mol. The summed E-state index contributed by atoms with van der Waals surface area (Å²) < 4.78 is 0. The highest BCUT2D eigenvalue weighted by atomic mass is 14.2. The molecule has 0 aromatic carbocycles. The molecule has 0 heteroatoms. The summed E-state index contributed by atoms with van der Waals surface area (Å²) in [6, 6.07) is 10.7. The van der Waals surface area contributed by atoms with Gasteiger partial charge in [0.2, 0.25) is 0 Å². The Hall–Kier alpha value is -1.30. The maximum Gasteiger partial charge on any atom is -0.0149 e. The largest absolute Gasteiger partial charge is 0.0622 e. The number of fused-ring (bicyclic) bond motifs is 1. The fraction of sp³-hybridized carbons (Fsp3) is 0.231. The normalized spacial score (nSPS) is 10.7. The van der Waals surface area contributed by atoms with E-state index in [4.69, 9.17) is 0 Å². The van der Waals surface area contributed by atoms with Crippen LogP contribution in [0.4, 0.5) is 0 Å². The van der Waals surface area contributed by atoms with Gasteiger partial charge in [-0.25, -0.2) is 0 Å². The molecule has 0 aromatic heterocycles. The van der Waals surface area contributed by atoms with Crippen LogP contribution in [0.2, 0.25) is 0 Å². The zero-order chi connectivity index (χ0) is 9.42. The van der Waals surface area contributed by atoms with Crippen LogP contribution in [0.5, 0.6) is 0 Å². The van der Waals surface area contributed by atoms with E-state index in [1.165, 1.54) is 27.8 Å². The molecule has 0 nitrogen and oxygen atoms in total. The maximum atomic E-state index is 2.20. The molecule has 0 atom stereocenters. The van der Waals surface area contributed by atoms with Crippen LogP contribution < -0.4 is 0 Å². The molecule has 0 aromatic rings. The Morgan fingerprint density at radius 1 is 0.615 bits per heavy atom. The second kappa shape index (κ2) is 2.88. The molecule has 0 saturated heterocycles. The summed E-state index contributed by atoms with van der Waals surface area (Å²) in [5.41, 5.74) is 7.05. The summed E-state index contributed by atoms with van der Waals surface area (Å²) in [6.07, 6.45) is 0. The van der Waals surface area contributed by atoms with Crippen LogP contribution in [0, 0.1) is 20.8 Å². The molecule has 0 bridgehead atoms. The van der Waals surface area contributed by atoms with E-state index in [2.05, 4.69) is 51.1 Å². The van der Waals surface area contributed by atoms with Gasteiger partial charge in [0.15, 0.2) is 0 Å². The van der Waals surface area contributed by atoms with Crippen LogP contribution in [-0.4, -0.2) is 0 Å². The minimum absolute atomic E-state index is 1.39. The highest BCUT2D eigenvalue weighted by molar-refractivity contribution is 5.76. The van der Waals surface area contributed by atoms with Crippen LogP contribution >= 0.6 is 0 Å². The van der Waals surface area contributed by atoms with Crippen molar-refractivity contribution in [1.29, 1.82) is 0 Å². The molecule has 13 heavy (non-hydrogen) atoms. The molecule has 0 saturated carbocycles. The van der Waals surface area contributed by atoms with Gasteiger partial charge in [-0.2, -0.15) is 0 Å². The molecule has 0 unspecified atom stereocenters. The minimum Gasteiger partial charge on any atom is -0.0622 e. The van der Waals surface area contributed by atoms with Crippen molar-refractivity contribution < 1.29 is 0 Å². The molecule has 66 valence electrons. The van der Waals surface area contributed by atoms with E-state index in [0.717, 1.165) is 0 Å². The number of hydrogen-bond acceptors (Lipinski definition) is 0. The highest BCUT2D eigenvalue weighted by Gasteiger charge is 2.12. The molecule has 0 heterocycles. The minimum atomic E-state index is 1.39. The summed E-state index contributed by atoms with van der Waals surface area (Å²) in [5.74, 6) is 0. The van der Waals surface area contributed by atoms with Crippen molar-refractivity contribution in [3.8, 4) is 11.1 Å². The summed E-state index contributed by atoms with van der Waals surface area (Å²) >= 11 is 0. The van der Waals surface area contributed by atoms with Gasteiger partial charge in [0.1, 0.15) is 0 Å². The first-order valence-electron chi connectivity index (χ1n) is 4.66. The molecule has 0 fully saturated rings. The molecular formula is C13H14. The van der Waals surface area contributed by atoms with Crippen molar-refractivity contribution in [2.45, 2.75) is 20.8 Å². The van der Waals surface area contributed by atoms with Crippen LogP contribution in [0.15, 0.2) is 30.3 Å². The lowest BCUT2D eigenvalue weighted by atomic mass is 10.1. The SMILES string of the molecule is Cc1c2cccccc-2c(C)c1C. The zero-order valence-electron chi connectivity index (χ0n) is 8.39. The molecule has 0 spiro atoms. The van der Waals surface area contributed by atoms with Gasteiger partial charge in [-0.05, 0) is 48.6 Å². The van der Waals surface area contributed by atoms with Gasteiger partial charge in [0, 0.05) is 0 Å². The molecule has 0 aliphatic heterocycles. The zero-order valence-corrected chi connectivity index (χ0v) is 8.39. The predicted octanol–water partition coefficient (Wildman–Crippen LogP) is 3.72. The summed E-state index contributed by atoms with van der Waals surface area (Å²) in [4.78, 5) is 0. The van der Waals surface area contributed by atoms with Crippen molar-refractivity contribution in [1.82, 2.24) is 0 Å². The third-order valence-electron chi connectivity index (χ3n) is 2.97.